The Morgan fingerprint density at radius 1 is 0.764 bits per heavy atom. The number of anilines is 1. The molecule has 3 aromatic rings. The third-order valence-corrected chi connectivity index (χ3v) is 14.0. The van der Waals surface area contributed by atoms with Crippen LogP contribution in [0.2, 0.25) is 0 Å². The number of ketones is 1. The van der Waals surface area contributed by atoms with E-state index >= 15 is 8.78 Å². The van der Waals surface area contributed by atoms with Crippen LogP contribution in [0.15, 0.2) is 90.0 Å². The zero-order valence-electron chi connectivity index (χ0n) is 40.6. The molecule has 12 atom stereocenters. The van der Waals surface area contributed by atoms with Crippen molar-refractivity contribution in [3.63, 3.8) is 0 Å². The Labute approximate surface area is 413 Å². The Balaban J connectivity index is 0.000000267. The van der Waals surface area contributed by atoms with E-state index in [2.05, 4.69) is 15.2 Å². The van der Waals surface area contributed by atoms with Crippen LogP contribution in [0.25, 0.3) is 0 Å². The Kier molecular flexibility index (Phi) is 19.2. The highest BCUT2D eigenvalue weighted by Crippen LogP contribution is 2.49. The molecule has 4 heterocycles. The molecule has 2 aromatic carbocycles. The first kappa shape index (κ1) is 57.4. The number of benzene rings is 2. The van der Waals surface area contributed by atoms with Crippen LogP contribution in [0.4, 0.5) is 14.6 Å². The van der Waals surface area contributed by atoms with E-state index in [1.807, 2.05) is 0 Å². The first-order chi connectivity index (χ1) is 33.6. The highest BCUT2D eigenvalue weighted by Gasteiger charge is 2.58. The van der Waals surface area contributed by atoms with Crippen LogP contribution in [-0.2, 0) is 56.3 Å². The van der Waals surface area contributed by atoms with Gasteiger partial charge in [0.1, 0.15) is 53.8 Å². The highest BCUT2D eigenvalue weighted by atomic mass is 31.2. The lowest BCUT2D eigenvalue weighted by atomic mass is 9.97. The maximum Gasteiger partial charge on any atom is 0.459 e. The molecule has 0 aliphatic carbocycles. The number of esters is 2. The first-order valence-corrected chi connectivity index (χ1v) is 25.6. The minimum atomic E-state index is -4.29. The predicted molar refractivity (Wildman–Crippen MR) is 251 cm³/mol. The van der Waals surface area contributed by atoms with Crippen molar-refractivity contribution < 1.29 is 84.3 Å². The molecule has 6 N–H and O–H groups in total. The molecule has 3 aliphatic heterocycles. The number of nitrogens with one attached hydrogen (secondary N) is 2. The summed E-state index contributed by atoms with van der Waals surface area (Å²) in [5.74, 6) is -2.28. The fourth-order valence-corrected chi connectivity index (χ4v) is 10.1. The smallest absolute Gasteiger partial charge is 0.459 e. The summed E-state index contributed by atoms with van der Waals surface area (Å²) in [5.41, 5.74) is -0.285. The number of hydrogen-bond donors (Lipinski definition) is 5. The molecule has 0 bridgehead atoms. The molecule has 0 radical (unpaired) electrons. The number of ether oxygens (including phenoxy) is 4. The van der Waals surface area contributed by atoms with Gasteiger partial charge in [-0.3, -0.25) is 37.7 Å². The number of nitrogens with two attached hydrogens (primary N) is 1. The molecule has 3 aliphatic rings. The van der Waals surface area contributed by atoms with Gasteiger partial charge < -0.3 is 43.9 Å². The number of para-hydroxylation sites is 2. The zero-order chi connectivity index (χ0) is 53.3. The van der Waals surface area contributed by atoms with Gasteiger partial charge in [0.2, 0.25) is 5.91 Å². The van der Waals surface area contributed by atoms with Crippen molar-refractivity contribution in [1.82, 2.24) is 24.6 Å². The monoisotopic (exact) mass is 1060 g/mol. The van der Waals surface area contributed by atoms with E-state index in [0.717, 1.165) is 35.6 Å². The molecule has 1 amide bonds. The van der Waals surface area contributed by atoms with Gasteiger partial charge in [-0.1, -0.05) is 36.4 Å². The molecular weight excluding hydrogens is 996 g/mol. The Bertz CT molecular complexity index is 2560. The lowest BCUT2D eigenvalue weighted by Gasteiger charge is -2.32. The SMILES string of the molecule is CC(C)OC(=O)[C@H](C)N[P@](=O)(OCC1O[C@@H](N2C=CC(=O)CC2=O)[C@](C)(F)[C@@H]1O)Oc1ccccc1.CC(C)OC(=O)[C@H](C)N[P@](=O)(OCC1O[C@@H](n2ccc(N)nc2=O)[C@](C)(F)[C@@H]1O)Oc1ccccc1. The molecule has 23 nitrogen and oxygen atoms in total. The lowest BCUT2D eigenvalue weighted by Crippen LogP contribution is -2.51. The van der Waals surface area contributed by atoms with Gasteiger partial charge in [0.05, 0.1) is 31.8 Å². The van der Waals surface area contributed by atoms with Crippen LogP contribution in [0.3, 0.4) is 0 Å². The molecular formula is C45H60F2N6O17P2. The van der Waals surface area contributed by atoms with Crippen molar-refractivity contribution in [3.05, 3.63) is 95.7 Å². The molecule has 72 heavy (non-hydrogen) atoms. The minimum absolute atomic E-state index is 0.0644. The average Bonchev–Trinajstić information content (AvgIpc) is 3.66. The van der Waals surface area contributed by atoms with Crippen LogP contribution in [-0.4, -0.2) is 128 Å². The molecule has 27 heteroatoms. The normalized spacial score (nSPS) is 27.6. The summed E-state index contributed by atoms with van der Waals surface area (Å²) in [6.45, 7) is 10.3. The van der Waals surface area contributed by atoms with Crippen LogP contribution in [0.5, 0.6) is 11.5 Å². The number of allylic oxidation sites excluding steroid dienone is 1. The third-order valence-electron chi connectivity index (χ3n) is 10.7. The van der Waals surface area contributed by atoms with Crippen molar-refractivity contribution in [2.24, 2.45) is 0 Å². The molecule has 2 saturated heterocycles. The Morgan fingerprint density at radius 3 is 1.61 bits per heavy atom. The van der Waals surface area contributed by atoms with Gasteiger partial charge in [0.15, 0.2) is 29.6 Å². The predicted octanol–water partition coefficient (Wildman–Crippen LogP) is 4.19. The maximum absolute atomic E-state index is 15.5. The molecule has 6 rings (SSSR count). The number of rotatable bonds is 20. The first-order valence-electron chi connectivity index (χ1n) is 22.5. The van der Waals surface area contributed by atoms with Crippen LogP contribution in [0, 0.1) is 0 Å². The summed E-state index contributed by atoms with van der Waals surface area (Å²) in [5, 5.41) is 26.1. The summed E-state index contributed by atoms with van der Waals surface area (Å²) < 4.78 is 102. The van der Waals surface area contributed by atoms with Crippen molar-refractivity contribution in [3.8, 4) is 11.5 Å². The van der Waals surface area contributed by atoms with Gasteiger partial charge in [0, 0.05) is 12.4 Å². The molecule has 1 aromatic heterocycles. The zero-order valence-corrected chi connectivity index (χ0v) is 42.4. The average molecular weight is 1060 g/mol. The second kappa shape index (κ2) is 24.1. The third kappa shape index (κ3) is 14.8. The van der Waals surface area contributed by atoms with Crippen molar-refractivity contribution >= 4 is 44.9 Å². The number of carbonyl (C=O) groups is 4. The second-order valence-corrected chi connectivity index (χ2v) is 21.0. The van der Waals surface area contributed by atoms with Crippen molar-refractivity contribution in [2.75, 3.05) is 18.9 Å². The number of carbonyl (C=O) groups excluding carboxylic acids is 4. The van der Waals surface area contributed by atoms with Crippen molar-refractivity contribution in [2.45, 2.75) is 134 Å². The highest BCUT2D eigenvalue weighted by molar-refractivity contribution is 7.52. The molecule has 2 unspecified atom stereocenters. The number of aromatic nitrogens is 2. The van der Waals surface area contributed by atoms with Gasteiger partial charge in [-0.2, -0.15) is 15.2 Å². The van der Waals surface area contributed by atoms with Crippen LogP contribution in [0.1, 0.15) is 68.0 Å². The fraction of sp³-hybridized carbons (Fsp3) is 0.511. The van der Waals surface area contributed by atoms with E-state index in [4.69, 9.17) is 42.8 Å². The number of nitrogens with zero attached hydrogens (tertiary/aromatic N) is 3. The van der Waals surface area contributed by atoms with E-state index in [1.165, 1.54) is 50.4 Å². The molecule has 396 valence electrons. The number of alkyl halides is 2. The van der Waals surface area contributed by atoms with Gasteiger partial charge in [-0.15, -0.1) is 0 Å². The van der Waals surface area contributed by atoms with Gasteiger partial charge in [-0.25, -0.2) is 22.7 Å². The number of aliphatic hydroxyl groups is 2. The second-order valence-electron chi connectivity index (χ2n) is 17.6. The quantitative estimate of drug-likeness (QED) is 0.0602. The summed E-state index contributed by atoms with van der Waals surface area (Å²) in [6, 6.07) is 15.1. The number of aliphatic hydroxyl groups excluding tert-OH is 2. The van der Waals surface area contributed by atoms with E-state index in [0.29, 0.717) is 0 Å². The van der Waals surface area contributed by atoms with Gasteiger partial charge in [0.25, 0.3) is 0 Å². The fourth-order valence-electron chi connectivity index (χ4n) is 7.07. The van der Waals surface area contributed by atoms with Crippen LogP contribution < -0.4 is 30.6 Å². The summed E-state index contributed by atoms with van der Waals surface area (Å²) >= 11 is 0. The van der Waals surface area contributed by atoms with Crippen molar-refractivity contribution in [1.29, 1.82) is 0 Å². The largest absolute Gasteiger partial charge is 0.462 e. The van der Waals surface area contributed by atoms with E-state index in [1.54, 1.807) is 64.1 Å². The number of halogens is 2. The molecule has 0 saturated carbocycles. The van der Waals surface area contributed by atoms with Gasteiger partial charge in [-0.05, 0) is 91.8 Å². The van der Waals surface area contributed by atoms with E-state index in [-0.39, 0.29) is 17.3 Å². The van der Waals surface area contributed by atoms with E-state index in [9.17, 15) is 43.3 Å². The topological polar surface area (TPSA) is 305 Å². The standard InChI is InChI=1S/C23H30FN2O9P.C22H30FN4O8P/c1-14(2)33-21(30)15(3)25-36(31,35-17-8-6-5-7-9-17)32-13-18-20(29)23(4,24)22(34-18)26-11-10-16(27)12-19(26)28;1-13(2)33-19(29)14(3)26-36(31,35-15-8-6-5-7-9-15)32-12-16-18(28)22(4,23)20(34-16)27-11-10-17(24)25-21(27)30/h5-11,14-15,18,20,22,29H,12-13H2,1-4H3,(H,25,31);5-11,13-14,16,18,20,28H,12H2,1-4H3,(H,26,31)(H2,24,25,30)/t15-,18?,20+,22+,23+,36-;14-,16?,18+,20+,22+,36-/m00/s1. The lowest BCUT2D eigenvalue weighted by molar-refractivity contribution is -0.151. The molecule has 2 fully saturated rings. The number of amides is 1. The number of hydrogen-bond acceptors (Lipinski definition) is 19. The summed E-state index contributed by atoms with van der Waals surface area (Å²) in [4.78, 5) is 64.9. The van der Waals surface area contributed by atoms with Gasteiger partial charge >= 0.3 is 33.1 Å². The molecule has 0 spiro atoms. The van der Waals surface area contributed by atoms with Crippen LogP contribution >= 0.6 is 15.5 Å². The summed E-state index contributed by atoms with van der Waals surface area (Å²) in [7, 11) is -8.58. The minimum Gasteiger partial charge on any atom is -0.462 e. The maximum atomic E-state index is 15.5. The number of nitrogen functional groups attached to an aromatic ring is 1. The Hall–Kier alpha value is -5.46. The Morgan fingerprint density at radius 2 is 1.19 bits per heavy atom. The summed E-state index contributed by atoms with van der Waals surface area (Å²) in [6.07, 6.45) is -7.30. The van der Waals surface area contributed by atoms with E-state index < -0.39 is 137 Å².